The minimum absolute atomic E-state index is 0.131. The average Bonchev–Trinajstić information content (AvgIpc) is 2.49. The minimum Gasteiger partial charge on any atom is -0.492 e. The van der Waals surface area contributed by atoms with Crippen LogP contribution in [-0.2, 0) is 10.0 Å². The molecule has 22 heavy (non-hydrogen) atoms. The predicted octanol–water partition coefficient (Wildman–Crippen LogP) is 3.89. The van der Waals surface area contributed by atoms with Crippen LogP contribution in [0.3, 0.4) is 0 Å². The lowest BCUT2D eigenvalue weighted by Gasteiger charge is -2.17. The Bertz CT molecular complexity index is 732. The Morgan fingerprint density at radius 2 is 1.86 bits per heavy atom. The molecule has 6 heteroatoms. The van der Waals surface area contributed by atoms with E-state index < -0.39 is 10.0 Å². The molecule has 0 unspecified atom stereocenters. The van der Waals surface area contributed by atoms with Gasteiger partial charge in [-0.2, -0.15) is 0 Å². The Labute approximate surface area is 139 Å². The summed E-state index contributed by atoms with van der Waals surface area (Å²) in [5.41, 5.74) is 0.902. The molecule has 0 aliphatic rings. The van der Waals surface area contributed by atoms with Crippen LogP contribution in [0.4, 0.5) is 0 Å². The molecule has 118 valence electrons. The molecule has 0 spiro atoms. The number of ether oxygens (including phenoxy) is 1. The van der Waals surface area contributed by atoms with Crippen LogP contribution >= 0.6 is 15.9 Å². The fourth-order valence-corrected chi connectivity index (χ4v) is 3.99. The summed E-state index contributed by atoms with van der Waals surface area (Å²) >= 11 is 3.30. The van der Waals surface area contributed by atoms with Crippen LogP contribution < -0.4 is 9.46 Å². The minimum atomic E-state index is -3.69. The molecule has 0 aliphatic heterocycles. The zero-order valence-corrected chi connectivity index (χ0v) is 14.8. The highest BCUT2D eigenvalue weighted by molar-refractivity contribution is 9.10. The molecule has 0 amide bonds. The van der Waals surface area contributed by atoms with Crippen molar-refractivity contribution in [3.05, 3.63) is 58.6 Å². The number of rotatable bonds is 6. The van der Waals surface area contributed by atoms with Crippen molar-refractivity contribution in [3.8, 4) is 5.75 Å². The van der Waals surface area contributed by atoms with E-state index in [1.165, 1.54) is 0 Å². The predicted molar refractivity (Wildman–Crippen MR) is 90.5 cm³/mol. The van der Waals surface area contributed by atoms with Gasteiger partial charge < -0.3 is 4.74 Å². The molecule has 0 radical (unpaired) electrons. The van der Waals surface area contributed by atoms with E-state index in [-0.39, 0.29) is 10.9 Å². The first kappa shape index (κ1) is 17.0. The Kier molecular flexibility index (Phi) is 5.61. The van der Waals surface area contributed by atoms with Gasteiger partial charge in [-0.05, 0) is 37.6 Å². The molecule has 0 aliphatic carbocycles. The monoisotopic (exact) mass is 383 g/mol. The smallest absolute Gasteiger partial charge is 0.244 e. The zero-order valence-electron chi connectivity index (χ0n) is 12.4. The van der Waals surface area contributed by atoms with E-state index in [1.54, 1.807) is 18.2 Å². The van der Waals surface area contributed by atoms with Crippen molar-refractivity contribution >= 4 is 26.0 Å². The highest BCUT2D eigenvalue weighted by Crippen LogP contribution is 2.28. The third kappa shape index (κ3) is 4.09. The van der Waals surface area contributed by atoms with Crippen molar-refractivity contribution < 1.29 is 13.2 Å². The van der Waals surface area contributed by atoms with Gasteiger partial charge in [0.25, 0.3) is 0 Å². The largest absolute Gasteiger partial charge is 0.492 e. The standard InChI is InChI=1S/C16H18BrNO3S/c1-3-21-15-10-9-14(17)11-16(15)22(19,20)18-12(2)13-7-5-4-6-8-13/h4-12,18H,3H2,1-2H3/t12-/m1/s1. The van der Waals surface area contributed by atoms with Crippen molar-refractivity contribution in [2.24, 2.45) is 0 Å². The molecular weight excluding hydrogens is 366 g/mol. The van der Waals surface area contributed by atoms with Crippen molar-refractivity contribution in [1.29, 1.82) is 0 Å². The van der Waals surface area contributed by atoms with Crippen LogP contribution in [-0.4, -0.2) is 15.0 Å². The maximum absolute atomic E-state index is 12.7. The summed E-state index contributed by atoms with van der Waals surface area (Å²) < 4.78 is 34.1. The number of hydrogen-bond donors (Lipinski definition) is 1. The van der Waals surface area contributed by atoms with Gasteiger partial charge in [0.2, 0.25) is 10.0 Å². The van der Waals surface area contributed by atoms with E-state index in [1.807, 2.05) is 44.2 Å². The number of halogens is 1. The summed E-state index contributed by atoms with van der Waals surface area (Å²) in [6, 6.07) is 14.0. The van der Waals surface area contributed by atoms with E-state index in [4.69, 9.17) is 4.74 Å². The molecule has 0 aromatic heterocycles. The molecule has 2 aromatic rings. The highest BCUT2D eigenvalue weighted by atomic mass is 79.9. The lowest BCUT2D eigenvalue weighted by molar-refractivity contribution is 0.331. The van der Waals surface area contributed by atoms with Crippen LogP contribution in [0.5, 0.6) is 5.75 Å². The Hall–Kier alpha value is -1.37. The molecule has 4 nitrogen and oxygen atoms in total. The number of sulfonamides is 1. The van der Waals surface area contributed by atoms with Gasteiger partial charge in [-0.15, -0.1) is 0 Å². The SMILES string of the molecule is CCOc1ccc(Br)cc1S(=O)(=O)N[C@H](C)c1ccccc1. The van der Waals surface area contributed by atoms with Crippen LogP contribution in [0.1, 0.15) is 25.5 Å². The van der Waals surface area contributed by atoms with Crippen LogP contribution in [0.2, 0.25) is 0 Å². The van der Waals surface area contributed by atoms with E-state index in [9.17, 15) is 8.42 Å². The molecule has 0 heterocycles. The van der Waals surface area contributed by atoms with Crippen molar-refractivity contribution in [2.75, 3.05) is 6.61 Å². The van der Waals surface area contributed by atoms with Crippen LogP contribution in [0, 0.1) is 0 Å². The quantitative estimate of drug-likeness (QED) is 0.822. The normalized spacial score (nSPS) is 12.9. The van der Waals surface area contributed by atoms with Gasteiger partial charge in [-0.1, -0.05) is 46.3 Å². The lowest BCUT2D eigenvalue weighted by atomic mass is 10.1. The zero-order chi connectivity index (χ0) is 16.2. The van der Waals surface area contributed by atoms with E-state index >= 15 is 0 Å². The molecule has 1 N–H and O–H groups in total. The summed E-state index contributed by atoms with van der Waals surface area (Å²) in [6.07, 6.45) is 0. The lowest BCUT2D eigenvalue weighted by Crippen LogP contribution is -2.27. The number of hydrogen-bond acceptors (Lipinski definition) is 3. The fourth-order valence-electron chi connectivity index (χ4n) is 2.07. The van der Waals surface area contributed by atoms with E-state index in [2.05, 4.69) is 20.7 Å². The Balaban J connectivity index is 2.32. The first-order chi connectivity index (χ1) is 10.4. The molecule has 2 rings (SSSR count). The summed E-state index contributed by atoms with van der Waals surface area (Å²) in [4.78, 5) is 0.131. The van der Waals surface area contributed by atoms with Crippen molar-refractivity contribution in [2.45, 2.75) is 24.8 Å². The van der Waals surface area contributed by atoms with Gasteiger partial charge in [0.05, 0.1) is 6.61 Å². The average molecular weight is 384 g/mol. The second kappa shape index (κ2) is 7.26. The summed E-state index contributed by atoms with van der Waals surface area (Å²) in [7, 11) is -3.69. The molecule has 2 aromatic carbocycles. The highest BCUT2D eigenvalue weighted by Gasteiger charge is 2.22. The van der Waals surface area contributed by atoms with Gasteiger partial charge in [-0.25, -0.2) is 13.1 Å². The van der Waals surface area contributed by atoms with Gasteiger partial charge in [0.1, 0.15) is 10.6 Å². The third-order valence-corrected chi connectivity index (χ3v) is 5.18. The molecule has 0 saturated heterocycles. The Morgan fingerprint density at radius 3 is 2.50 bits per heavy atom. The molecule has 0 saturated carbocycles. The van der Waals surface area contributed by atoms with E-state index in [0.29, 0.717) is 16.8 Å². The van der Waals surface area contributed by atoms with Crippen LogP contribution in [0.15, 0.2) is 57.9 Å². The number of nitrogens with one attached hydrogen (secondary N) is 1. The molecule has 1 atom stereocenters. The fraction of sp³-hybridized carbons (Fsp3) is 0.250. The maximum atomic E-state index is 12.7. The van der Waals surface area contributed by atoms with Crippen molar-refractivity contribution in [3.63, 3.8) is 0 Å². The van der Waals surface area contributed by atoms with Gasteiger partial charge in [-0.3, -0.25) is 0 Å². The topological polar surface area (TPSA) is 55.4 Å². The summed E-state index contributed by atoms with van der Waals surface area (Å²) in [5, 5.41) is 0. The molecule has 0 bridgehead atoms. The first-order valence-corrected chi connectivity index (χ1v) is 9.21. The maximum Gasteiger partial charge on any atom is 0.244 e. The van der Waals surface area contributed by atoms with Gasteiger partial charge in [0.15, 0.2) is 0 Å². The first-order valence-electron chi connectivity index (χ1n) is 6.93. The van der Waals surface area contributed by atoms with Gasteiger partial charge >= 0.3 is 0 Å². The third-order valence-electron chi connectivity index (χ3n) is 3.13. The summed E-state index contributed by atoms with van der Waals surface area (Å²) in [6.45, 7) is 4.03. The summed E-state index contributed by atoms with van der Waals surface area (Å²) in [5.74, 6) is 0.346. The van der Waals surface area contributed by atoms with Crippen LogP contribution in [0.25, 0.3) is 0 Å². The second-order valence-corrected chi connectivity index (χ2v) is 7.38. The van der Waals surface area contributed by atoms with E-state index in [0.717, 1.165) is 5.56 Å². The second-order valence-electron chi connectivity index (χ2n) is 4.78. The van der Waals surface area contributed by atoms with Crippen molar-refractivity contribution in [1.82, 2.24) is 4.72 Å². The Morgan fingerprint density at radius 1 is 1.18 bits per heavy atom. The molecular formula is C16H18BrNO3S. The van der Waals surface area contributed by atoms with Gasteiger partial charge in [0, 0.05) is 10.5 Å². The molecule has 0 fully saturated rings. The number of benzene rings is 2.